The van der Waals surface area contributed by atoms with E-state index in [9.17, 15) is 4.79 Å². The van der Waals surface area contributed by atoms with Crippen molar-refractivity contribution >= 4 is 17.3 Å². The summed E-state index contributed by atoms with van der Waals surface area (Å²) in [7, 11) is 0. The fraction of sp³-hybridized carbons (Fsp3) is 0.375. The summed E-state index contributed by atoms with van der Waals surface area (Å²) in [5, 5.41) is 3.39. The second kappa shape index (κ2) is 9.45. The SMILES string of the molecule is C/C=C(/CCC)Nc1ccc(C(=O)N2CCCCC2c2ccccc2)cc1N. The van der Waals surface area contributed by atoms with Crippen molar-refractivity contribution in [2.75, 3.05) is 17.6 Å². The van der Waals surface area contributed by atoms with Gasteiger partial charge in [-0.15, -0.1) is 0 Å². The topological polar surface area (TPSA) is 58.4 Å². The van der Waals surface area contributed by atoms with Crippen LogP contribution in [0.5, 0.6) is 0 Å². The van der Waals surface area contributed by atoms with Gasteiger partial charge in [0, 0.05) is 17.8 Å². The van der Waals surface area contributed by atoms with E-state index in [4.69, 9.17) is 5.73 Å². The van der Waals surface area contributed by atoms with E-state index >= 15 is 0 Å². The number of benzene rings is 2. The molecule has 0 radical (unpaired) electrons. The number of nitrogen functional groups attached to an aromatic ring is 1. The van der Waals surface area contributed by atoms with E-state index in [0.29, 0.717) is 11.3 Å². The van der Waals surface area contributed by atoms with Crippen molar-refractivity contribution < 1.29 is 4.79 Å². The number of hydrogen-bond donors (Lipinski definition) is 2. The predicted octanol–water partition coefficient (Wildman–Crippen LogP) is 5.75. The molecule has 1 atom stereocenters. The lowest BCUT2D eigenvalue weighted by atomic mass is 9.94. The second-order valence-electron chi connectivity index (χ2n) is 7.41. The Morgan fingerprint density at radius 2 is 2.00 bits per heavy atom. The van der Waals surface area contributed by atoms with E-state index in [1.807, 2.05) is 42.2 Å². The quantitative estimate of drug-likeness (QED) is 0.630. The summed E-state index contributed by atoms with van der Waals surface area (Å²) in [4.78, 5) is 15.3. The third kappa shape index (κ3) is 4.56. The molecule has 1 unspecified atom stereocenters. The second-order valence-corrected chi connectivity index (χ2v) is 7.41. The molecule has 0 aliphatic carbocycles. The van der Waals surface area contributed by atoms with Gasteiger partial charge in [0.15, 0.2) is 0 Å². The number of rotatable bonds is 6. The predicted molar refractivity (Wildman–Crippen MR) is 117 cm³/mol. The molecule has 4 nitrogen and oxygen atoms in total. The number of amides is 1. The van der Waals surface area contributed by atoms with Crippen molar-refractivity contribution in [2.24, 2.45) is 0 Å². The third-order valence-electron chi connectivity index (χ3n) is 5.41. The third-order valence-corrected chi connectivity index (χ3v) is 5.41. The molecule has 2 aromatic carbocycles. The Morgan fingerprint density at radius 3 is 2.68 bits per heavy atom. The highest BCUT2D eigenvalue weighted by molar-refractivity contribution is 5.96. The van der Waals surface area contributed by atoms with Crippen molar-refractivity contribution in [1.82, 2.24) is 4.90 Å². The average molecular weight is 378 g/mol. The van der Waals surface area contributed by atoms with Crippen LogP contribution in [-0.2, 0) is 0 Å². The maximum Gasteiger partial charge on any atom is 0.254 e. The Bertz CT molecular complexity index is 829. The van der Waals surface area contributed by atoms with Gasteiger partial charge >= 0.3 is 0 Å². The molecule has 1 fully saturated rings. The first-order valence-electron chi connectivity index (χ1n) is 10.3. The van der Waals surface area contributed by atoms with E-state index in [0.717, 1.165) is 50.0 Å². The molecule has 148 valence electrons. The number of likely N-dealkylation sites (tertiary alicyclic amines) is 1. The number of nitrogens with zero attached hydrogens (tertiary/aromatic N) is 1. The van der Waals surface area contributed by atoms with Gasteiger partial charge in [0.1, 0.15) is 0 Å². The van der Waals surface area contributed by atoms with E-state index in [-0.39, 0.29) is 11.9 Å². The summed E-state index contributed by atoms with van der Waals surface area (Å²) in [6, 6.07) is 16.1. The zero-order valence-corrected chi connectivity index (χ0v) is 16.9. The summed E-state index contributed by atoms with van der Waals surface area (Å²) < 4.78 is 0. The minimum atomic E-state index is 0.0617. The number of anilines is 2. The van der Waals surface area contributed by atoms with E-state index in [1.54, 1.807) is 6.07 Å². The molecule has 4 heteroatoms. The molecular formula is C24H31N3O. The zero-order chi connectivity index (χ0) is 19.9. The highest BCUT2D eigenvalue weighted by Crippen LogP contribution is 2.33. The van der Waals surface area contributed by atoms with Gasteiger partial charge in [-0.25, -0.2) is 0 Å². The monoisotopic (exact) mass is 377 g/mol. The first kappa shape index (κ1) is 20.0. The standard InChI is InChI=1S/C24H31N3O/c1-3-10-20(4-2)26-22-15-14-19(17-21(22)25)24(28)27-16-9-8-13-23(27)18-11-6-5-7-12-18/h4-7,11-12,14-15,17,23,26H,3,8-10,13,16,25H2,1-2H3/b20-4-. The summed E-state index contributed by atoms with van der Waals surface area (Å²) in [5.74, 6) is 0.0617. The van der Waals surface area contributed by atoms with Gasteiger partial charge in [0.05, 0.1) is 17.4 Å². The largest absolute Gasteiger partial charge is 0.397 e. The molecule has 0 spiro atoms. The highest BCUT2D eigenvalue weighted by atomic mass is 16.2. The van der Waals surface area contributed by atoms with Crippen LogP contribution in [0.4, 0.5) is 11.4 Å². The van der Waals surface area contributed by atoms with Gasteiger partial charge in [-0.2, -0.15) is 0 Å². The lowest BCUT2D eigenvalue weighted by Crippen LogP contribution is -2.38. The molecule has 3 rings (SSSR count). The molecule has 1 saturated heterocycles. The van der Waals surface area contributed by atoms with Crippen molar-refractivity contribution in [3.8, 4) is 0 Å². The van der Waals surface area contributed by atoms with E-state index in [2.05, 4.69) is 30.4 Å². The highest BCUT2D eigenvalue weighted by Gasteiger charge is 2.28. The number of carbonyl (C=O) groups is 1. The Kier molecular flexibility index (Phi) is 6.75. The summed E-state index contributed by atoms with van der Waals surface area (Å²) in [5.41, 5.74) is 10.7. The fourth-order valence-corrected chi connectivity index (χ4v) is 3.89. The van der Waals surface area contributed by atoms with Gasteiger partial charge in [0.25, 0.3) is 5.91 Å². The smallest absolute Gasteiger partial charge is 0.254 e. The number of carbonyl (C=O) groups excluding carboxylic acids is 1. The first-order valence-corrected chi connectivity index (χ1v) is 10.3. The maximum atomic E-state index is 13.3. The van der Waals surface area contributed by atoms with Crippen molar-refractivity contribution in [1.29, 1.82) is 0 Å². The molecule has 0 saturated carbocycles. The van der Waals surface area contributed by atoms with Crippen LogP contribution < -0.4 is 11.1 Å². The molecule has 2 aromatic rings. The lowest BCUT2D eigenvalue weighted by molar-refractivity contribution is 0.0611. The van der Waals surface area contributed by atoms with Crippen LogP contribution in [-0.4, -0.2) is 17.4 Å². The molecule has 1 aliphatic rings. The zero-order valence-electron chi connectivity index (χ0n) is 16.9. The molecule has 3 N–H and O–H groups in total. The Labute approximate surface area is 168 Å². The molecule has 28 heavy (non-hydrogen) atoms. The molecule has 1 heterocycles. The molecular weight excluding hydrogens is 346 g/mol. The van der Waals surface area contributed by atoms with Crippen molar-refractivity contribution in [3.63, 3.8) is 0 Å². The minimum Gasteiger partial charge on any atom is -0.397 e. The first-order chi connectivity index (χ1) is 13.6. The number of piperidine rings is 1. The van der Waals surface area contributed by atoms with Crippen LogP contribution in [0.2, 0.25) is 0 Å². The van der Waals surface area contributed by atoms with Gasteiger partial charge in [-0.3, -0.25) is 4.79 Å². The Balaban J connectivity index is 1.80. The van der Waals surface area contributed by atoms with Gasteiger partial charge in [-0.05, 0) is 56.4 Å². The van der Waals surface area contributed by atoms with Crippen LogP contribution in [0.15, 0.2) is 60.3 Å². The fourth-order valence-electron chi connectivity index (χ4n) is 3.89. The summed E-state index contributed by atoms with van der Waals surface area (Å²) in [6.45, 7) is 4.96. The minimum absolute atomic E-state index is 0.0617. The van der Waals surface area contributed by atoms with Crippen LogP contribution in [0.3, 0.4) is 0 Å². The number of hydrogen-bond acceptors (Lipinski definition) is 3. The Morgan fingerprint density at radius 1 is 1.21 bits per heavy atom. The molecule has 0 aromatic heterocycles. The van der Waals surface area contributed by atoms with Crippen LogP contribution in [0, 0.1) is 0 Å². The molecule has 1 aliphatic heterocycles. The van der Waals surface area contributed by atoms with Crippen LogP contribution >= 0.6 is 0 Å². The number of allylic oxidation sites excluding steroid dienone is 2. The van der Waals surface area contributed by atoms with Crippen molar-refractivity contribution in [2.45, 2.75) is 52.0 Å². The van der Waals surface area contributed by atoms with E-state index < -0.39 is 0 Å². The van der Waals surface area contributed by atoms with Gasteiger partial charge < -0.3 is 16.0 Å². The van der Waals surface area contributed by atoms with Gasteiger partial charge in [-0.1, -0.05) is 49.8 Å². The van der Waals surface area contributed by atoms with Crippen LogP contribution in [0.1, 0.15) is 67.9 Å². The normalized spacial score (nSPS) is 17.4. The van der Waals surface area contributed by atoms with Gasteiger partial charge in [0.2, 0.25) is 0 Å². The summed E-state index contributed by atoms with van der Waals surface area (Å²) >= 11 is 0. The lowest BCUT2D eigenvalue weighted by Gasteiger charge is -2.36. The van der Waals surface area contributed by atoms with Crippen molar-refractivity contribution in [3.05, 3.63) is 71.4 Å². The maximum absolute atomic E-state index is 13.3. The summed E-state index contributed by atoms with van der Waals surface area (Å²) in [6.07, 6.45) is 7.32. The number of nitrogens with two attached hydrogens (primary N) is 1. The van der Waals surface area contributed by atoms with Crippen LogP contribution in [0.25, 0.3) is 0 Å². The average Bonchev–Trinajstić information content (AvgIpc) is 2.74. The number of nitrogens with one attached hydrogen (secondary N) is 1. The molecule has 0 bridgehead atoms. The molecule has 1 amide bonds. The Hall–Kier alpha value is -2.75. The van der Waals surface area contributed by atoms with E-state index in [1.165, 1.54) is 5.56 Å².